The number of hydrogen-bond donors (Lipinski definition) is 0. The average Bonchev–Trinajstić information content (AvgIpc) is 3.09. The van der Waals surface area contributed by atoms with Crippen LogP contribution in [0.5, 0.6) is 0 Å². The Bertz CT molecular complexity index is 979. The minimum Gasteiger partial charge on any atom is -0.368 e. The lowest BCUT2D eigenvalue weighted by Gasteiger charge is -2.36. The average molecular weight is 373 g/mol. The molecule has 1 fully saturated rings. The lowest BCUT2D eigenvalue weighted by Crippen LogP contribution is -2.49. The fourth-order valence-electron chi connectivity index (χ4n) is 3.36. The SMILES string of the molecule is Cc1ccc(Cl)cc1N1CCN(C(=O)c2ncc3c(F)cccn23)CC1. The summed E-state index contributed by atoms with van der Waals surface area (Å²) in [4.78, 5) is 21.0. The number of fused-ring (bicyclic) bond motifs is 1. The van der Waals surface area contributed by atoms with Crippen LogP contribution in [0, 0.1) is 12.7 Å². The number of aryl methyl sites for hydroxylation is 1. The van der Waals surface area contributed by atoms with Gasteiger partial charge in [-0.3, -0.25) is 9.20 Å². The van der Waals surface area contributed by atoms with Crippen molar-refractivity contribution >= 4 is 28.7 Å². The molecular weight excluding hydrogens is 355 g/mol. The van der Waals surface area contributed by atoms with Crippen molar-refractivity contribution in [3.8, 4) is 0 Å². The summed E-state index contributed by atoms with van der Waals surface area (Å²) < 4.78 is 15.3. The number of benzene rings is 1. The molecule has 3 aromatic rings. The molecule has 2 aromatic heterocycles. The van der Waals surface area contributed by atoms with Gasteiger partial charge in [-0.05, 0) is 36.8 Å². The second kappa shape index (κ2) is 6.61. The third-order valence-corrected chi connectivity index (χ3v) is 5.02. The van der Waals surface area contributed by atoms with Crippen molar-refractivity contribution in [3.63, 3.8) is 0 Å². The normalized spacial score (nSPS) is 14.9. The van der Waals surface area contributed by atoms with Crippen LogP contribution < -0.4 is 4.90 Å². The Morgan fingerprint density at radius 1 is 1.19 bits per heavy atom. The Morgan fingerprint density at radius 2 is 1.96 bits per heavy atom. The molecule has 5 nitrogen and oxygen atoms in total. The van der Waals surface area contributed by atoms with E-state index in [1.54, 1.807) is 17.2 Å². The Balaban J connectivity index is 1.51. The molecule has 26 heavy (non-hydrogen) atoms. The Kier molecular flexibility index (Phi) is 4.28. The number of hydrogen-bond acceptors (Lipinski definition) is 3. The summed E-state index contributed by atoms with van der Waals surface area (Å²) in [6.07, 6.45) is 3.05. The predicted molar refractivity (Wildman–Crippen MR) is 99.5 cm³/mol. The quantitative estimate of drug-likeness (QED) is 0.692. The van der Waals surface area contributed by atoms with Gasteiger partial charge < -0.3 is 9.80 Å². The third kappa shape index (κ3) is 2.90. The molecule has 1 saturated heterocycles. The topological polar surface area (TPSA) is 40.8 Å². The molecule has 0 unspecified atom stereocenters. The molecule has 7 heteroatoms. The molecule has 1 aromatic carbocycles. The maximum atomic E-state index is 13.8. The standard InChI is InChI=1S/C19H18ClFN4O/c1-13-4-5-14(20)11-16(13)23-7-9-24(10-8-23)19(26)18-22-12-17-15(21)3-2-6-25(17)18/h2-6,11-12H,7-10H2,1H3. The van der Waals surface area contributed by atoms with Gasteiger partial charge in [0, 0.05) is 43.1 Å². The molecule has 0 atom stereocenters. The van der Waals surface area contributed by atoms with Gasteiger partial charge in [0.2, 0.25) is 5.82 Å². The summed E-state index contributed by atoms with van der Waals surface area (Å²) in [6.45, 7) is 4.63. The number of aromatic nitrogens is 2. The van der Waals surface area contributed by atoms with Crippen LogP contribution in [0.2, 0.25) is 5.02 Å². The van der Waals surface area contributed by atoms with Crippen molar-refractivity contribution in [2.75, 3.05) is 31.1 Å². The smallest absolute Gasteiger partial charge is 0.290 e. The summed E-state index contributed by atoms with van der Waals surface area (Å²) in [5.74, 6) is -0.328. The molecular formula is C19H18ClFN4O. The van der Waals surface area contributed by atoms with Crippen LogP contribution in [-0.2, 0) is 0 Å². The number of amides is 1. The largest absolute Gasteiger partial charge is 0.368 e. The zero-order valence-corrected chi connectivity index (χ0v) is 15.1. The Morgan fingerprint density at radius 3 is 2.73 bits per heavy atom. The van der Waals surface area contributed by atoms with Crippen molar-refractivity contribution < 1.29 is 9.18 Å². The monoisotopic (exact) mass is 372 g/mol. The van der Waals surface area contributed by atoms with E-state index in [0.717, 1.165) is 11.3 Å². The molecule has 0 spiro atoms. The van der Waals surface area contributed by atoms with E-state index in [1.165, 1.54) is 16.7 Å². The number of carbonyl (C=O) groups is 1. The highest BCUT2D eigenvalue weighted by Crippen LogP contribution is 2.25. The van der Waals surface area contributed by atoms with Crippen LogP contribution in [0.15, 0.2) is 42.7 Å². The minimum absolute atomic E-state index is 0.182. The van der Waals surface area contributed by atoms with E-state index in [0.29, 0.717) is 36.7 Å². The second-order valence-corrected chi connectivity index (χ2v) is 6.84. The Hall–Kier alpha value is -2.60. The highest BCUT2D eigenvalue weighted by molar-refractivity contribution is 6.30. The fraction of sp³-hybridized carbons (Fsp3) is 0.263. The molecule has 1 amide bonds. The van der Waals surface area contributed by atoms with Gasteiger partial charge in [0.05, 0.1) is 6.20 Å². The maximum absolute atomic E-state index is 13.8. The van der Waals surface area contributed by atoms with Crippen LogP contribution in [-0.4, -0.2) is 46.4 Å². The second-order valence-electron chi connectivity index (χ2n) is 6.40. The van der Waals surface area contributed by atoms with Gasteiger partial charge in [-0.25, -0.2) is 9.37 Å². The van der Waals surface area contributed by atoms with Gasteiger partial charge in [0.1, 0.15) is 11.3 Å². The number of imidazole rings is 1. The van der Waals surface area contributed by atoms with Crippen LogP contribution in [0.25, 0.3) is 5.52 Å². The van der Waals surface area contributed by atoms with Crippen molar-refractivity contribution in [1.29, 1.82) is 0 Å². The predicted octanol–water partition coefficient (Wildman–Crippen LogP) is 3.40. The first-order valence-corrected chi connectivity index (χ1v) is 8.84. The van der Waals surface area contributed by atoms with E-state index >= 15 is 0 Å². The molecule has 0 aliphatic carbocycles. The van der Waals surface area contributed by atoms with Crippen LogP contribution >= 0.6 is 11.6 Å². The summed E-state index contributed by atoms with van der Waals surface area (Å²) in [6, 6.07) is 8.76. The first-order valence-electron chi connectivity index (χ1n) is 8.46. The number of nitrogens with zero attached hydrogens (tertiary/aromatic N) is 4. The van der Waals surface area contributed by atoms with Crippen LogP contribution in [0.3, 0.4) is 0 Å². The summed E-state index contributed by atoms with van der Waals surface area (Å²) in [5.41, 5.74) is 2.56. The van der Waals surface area contributed by atoms with Crippen molar-refractivity contribution in [2.24, 2.45) is 0 Å². The first kappa shape index (κ1) is 16.8. The summed E-state index contributed by atoms with van der Waals surface area (Å²) in [5, 5.41) is 0.704. The molecule has 4 rings (SSSR count). The molecule has 0 N–H and O–H groups in total. The van der Waals surface area contributed by atoms with Crippen LogP contribution in [0.4, 0.5) is 10.1 Å². The van der Waals surface area contributed by atoms with Crippen molar-refractivity contribution in [1.82, 2.24) is 14.3 Å². The third-order valence-electron chi connectivity index (χ3n) is 4.79. The molecule has 1 aliphatic heterocycles. The lowest BCUT2D eigenvalue weighted by molar-refractivity contribution is 0.0733. The van der Waals surface area contributed by atoms with Gasteiger partial charge in [-0.2, -0.15) is 0 Å². The first-order chi connectivity index (χ1) is 12.5. The number of rotatable bonds is 2. The lowest BCUT2D eigenvalue weighted by atomic mass is 10.1. The number of pyridine rings is 1. The number of halogens is 2. The Labute approximate surface area is 155 Å². The van der Waals surface area contributed by atoms with Gasteiger partial charge in [-0.15, -0.1) is 0 Å². The van der Waals surface area contributed by atoms with E-state index in [-0.39, 0.29) is 17.5 Å². The van der Waals surface area contributed by atoms with E-state index in [4.69, 9.17) is 11.6 Å². The summed E-state index contributed by atoms with van der Waals surface area (Å²) in [7, 11) is 0. The van der Waals surface area contributed by atoms with Crippen LogP contribution in [0.1, 0.15) is 16.2 Å². The van der Waals surface area contributed by atoms with E-state index in [1.807, 2.05) is 18.2 Å². The highest BCUT2D eigenvalue weighted by Gasteiger charge is 2.26. The number of anilines is 1. The number of piperazine rings is 1. The van der Waals surface area contributed by atoms with E-state index in [9.17, 15) is 9.18 Å². The molecule has 1 aliphatic rings. The molecule has 0 radical (unpaired) electrons. The van der Waals surface area contributed by atoms with Gasteiger partial charge >= 0.3 is 0 Å². The van der Waals surface area contributed by atoms with Gasteiger partial charge in [0.25, 0.3) is 5.91 Å². The minimum atomic E-state index is -0.389. The molecule has 0 saturated carbocycles. The molecule has 3 heterocycles. The maximum Gasteiger partial charge on any atom is 0.290 e. The number of carbonyl (C=O) groups excluding carboxylic acids is 1. The van der Waals surface area contributed by atoms with Crippen molar-refractivity contribution in [2.45, 2.75) is 6.92 Å². The fourth-order valence-corrected chi connectivity index (χ4v) is 3.53. The highest BCUT2D eigenvalue weighted by atomic mass is 35.5. The summed E-state index contributed by atoms with van der Waals surface area (Å²) >= 11 is 6.12. The van der Waals surface area contributed by atoms with E-state index in [2.05, 4.69) is 16.8 Å². The zero-order chi connectivity index (χ0) is 18.3. The van der Waals surface area contributed by atoms with Gasteiger partial charge in [-0.1, -0.05) is 17.7 Å². The van der Waals surface area contributed by atoms with E-state index < -0.39 is 0 Å². The van der Waals surface area contributed by atoms with Gasteiger partial charge in [0.15, 0.2) is 0 Å². The molecule has 0 bridgehead atoms. The molecule has 134 valence electrons. The zero-order valence-electron chi connectivity index (χ0n) is 14.3. The van der Waals surface area contributed by atoms with Crippen molar-refractivity contribution in [3.05, 3.63) is 65.0 Å².